The van der Waals surface area contributed by atoms with Gasteiger partial charge in [0.2, 0.25) is 0 Å². The van der Waals surface area contributed by atoms with Gasteiger partial charge in [-0.05, 0) is 37.0 Å². The first-order valence-electron chi connectivity index (χ1n) is 5.39. The van der Waals surface area contributed by atoms with E-state index in [-0.39, 0.29) is 12.5 Å². The predicted octanol–water partition coefficient (Wildman–Crippen LogP) is 2.25. The van der Waals surface area contributed by atoms with E-state index in [0.717, 1.165) is 6.54 Å². The SMILES string of the molecule is O=C(COc1cccc(Cl)c1)NCC1CC1. The molecule has 1 aromatic carbocycles. The molecule has 0 aromatic heterocycles. The third-order valence-electron chi connectivity index (χ3n) is 2.45. The van der Waals surface area contributed by atoms with Crippen molar-refractivity contribution in [3.8, 4) is 5.75 Å². The number of hydrogen-bond donors (Lipinski definition) is 1. The number of ether oxygens (including phenoxy) is 1. The summed E-state index contributed by atoms with van der Waals surface area (Å²) in [7, 11) is 0. The van der Waals surface area contributed by atoms with E-state index in [2.05, 4.69) is 5.32 Å². The lowest BCUT2D eigenvalue weighted by Crippen LogP contribution is -2.30. The van der Waals surface area contributed by atoms with Gasteiger partial charge in [0, 0.05) is 11.6 Å². The van der Waals surface area contributed by atoms with Crippen molar-refractivity contribution in [1.82, 2.24) is 5.32 Å². The molecule has 0 heterocycles. The van der Waals surface area contributed by atoms with E-state index >= 15 is 0 Å². The van der Waals surface area contributed by atoms with Gasteiger partial charge in [-0.25, -0.2) is 0 Å². The normalized spacial score (nSPS) is 14.6. The summed E-state index contributed by atoms with van der Waals surface area (Å²) < 4.78 is 5.30. The van der Waals surface area contributed by atoms with Gasteiger partial charge in [-0.1, -0.05) is 17.7 Å². The second kappa shape index (κ2) is 5.21. The summed E-state index contributed by atoms with van der Waals surface area (Å²) in [6, 6.07) is 7.02. The van der Waals surface area contributed by atoms with Crippen molar-refractivity contribution in [1.29, 1.82) is 0 Å². The number of nitrogens with one attached hydrogen (secondary N) is 1. The molecule has 86 valence electrons. The molecule has 3 nitrogen and oxygen atoms in total. The maximum atomic E-state index is 11.4. The molecule has 4 heteroatoms. The van der Waals surface area contributed by atoms with Crippen molar-refractivity contribution < 1.29 is 9.53 Å². The Labute approximate surface area is 99.7 Å². The lowest BCUT2D eigenvalue weighted by molar-refractivity contribution is -0.123. The number of hydrogen-bond acceptors (Lipinski definition) is 2. The Hall–Kier alpha value is -1.22. The smallest absolute Gasteiger partial charge is 0.257 e. The van der Waals surface area contributed by atoms with E-state index in [1.54, 1.807) is 24.3 Å². The maximum absolute atomic E-state index is 11.4. The minimum absolute atomic E-state index is 0.0487. The molecule has 0 unspecified atom stereocenters. The standard InChI is InChI=1S/C12H14ClNO2/c13-10-2-1-3-11(6-10)16-8-12(15)14-7-9-4-5-9/h1-3,6,9H,4-5,7-8H2,(H,14,15). The summed E-state index contributed by atoms with van der Waals surface area (Å²) >= 11 is 5.79. The predicted molar refractivity (Wildman–Crippen MR) is 62.7 cm³/mol. The van der Waals surface area contributed by atoms with Crippen molar-refractivity contribution in [2.24, 2.45) is 5.92 Å². The zero-order valence-corrected chi connectivity index (χ0v) is 9.67. The molecule has 16 heavy (non-hydrogen) atoms. The van der Waals surface area contributed by atoms with Gasteiger partial charge < -0.3 is 10.1 Å². The van der Waals surface area contributed by atoms with Crippen LogP contribution in [-0.4, -0.2) is 19.1 Å². The Kier molecular flexibility index (Phi) is 3.67. The van der Waals surface area contributed by atoms with Gasteiger partial charge in [0.1, 0.15) is 5.75 Å². The fourth-order valence-corrected chi connectivity index (χ4v) is 1.52. The lowest BCUT2D eigenvalue weighted by Gasteiger charge is -2.06. The van der Waals surface area contributed by atoms with Crippen LogP contribution in [0.15, 0.2) is 24.3 Å². The van der Waals surface area contributed by atoms with Crippen molar-refractivity contribution in [2.75, 3.05) is 13.2 Å². The van der Waals surface area contributed by atoms with Gasteiger partial charge in [0.15, 0.2) is 6.61 Å². The monoisotopic (exact) mass is 239 g/mol. The number of halogens is 1. The van der Waals surface area contributed by atoms with Gasteiger partial charge >= 0.3 is 0 Å². The number of rotatable bonds is 5. The summed E-state index contributed by atoms with van der Waals surface area (Å²) in [5.41, 5.74) is 0. The van der Waals surface area contributed by atoms with Crippen LogP contribution in [0.2, 0.25) is 5.02 Å². The Morgan fingerprint density at radius 3 is 3.00 bits per heavy atom. The fourth-order valence-electron chi connectivity index (χ4n) is 1.34. The molecule has 0 atom stereocenters. The number of carbonyl (C=O) groups is 1. The molecule has 2 rings (SSSR count). The molecule has 1 saturated carbocycles. The lowest BCUT2D eigenvalue weighted by atomic mass is 10.3. The third-order valence-corrected chi connectivity index (χ3v) is 2.69. The molecule has 1 aliphatic carbocycles. The first-order chi connectivity index (χ1) is 7.74. The average molecular weight is 240 g/mol. The van der Waals surface area contributed by atoms with E-state index < -0.39 is 0 Å². The van der Waals surface area contributed by atoms with Crippen LogP contribution in [0.3, 0.4) is 0 Å². The Morgan fingerprint density at radius 2 is 2.31 bits per heavy atom. The minimum atomic E-state index is -0.0770. The molecule has 1 N–H and O–H groups in total. The van der Waals surface area contributed by atoms with Crippen LogP contribution < -0.4 is 10.1 Å². The summed E-state index contributed by atoms with van der Waals surface area (Å²) in [5, 5.41) is 3.44. The van der Waals surface area contributed by atoms with Crippen LogP contribution >= 0.6 is 11.6 Å². The highest BCUT2D eigenvalue weighted by molar-refractivity contribution is 6.30. The second-order valence-electron chi connectivity index (χ2n) is 3.99. The van der Waals surface area contributed by atoms with Crippen molar-refractivity contribution in [2.45, 2.75) is 12.8 Å². The van der Waals surface area contributed by atoms with Gasteiger partial charge in [0.05, 0.1) is 0 Å². The van der Waals surface area contributed by atoms with Crippen LogP contribution in [0.5, 0.6) is 5.75 Å². The Morgan fingerprint density at radius 1 is 1.50 bits per heavy atom. The number of amides is 1. The van der Waals surface area contributed by atoms with Crippen molar-refractivity contribution >= 4 is 17.5 Å². The van der Waals surface area contributed by atoms with Crippen molar-refractivity contribution in [3.63, 3.8) is 0 Å². The topological polar surface area (TPSA) is 38.3 Å². The molecule has 0 saturated heterocycles. The first-order valence-corrected chi connectivity index (χ1v) is 5.77. The van der Waals surface area contributed by atoms with Crippen LogP contribution in [-0.2, 0) is 4.79 Å². The van der Waals surface area contributed by atoms with Crippen LogP contribution in [0, 0.1) is 5.92 Å². The molecule has 1 amide bonds. The molecule has 0 spiro atoms. The number of benzene rings is 1. The zero-order valence-electron chi connectivity index (χ0n) is 8.91. The molecule has 0 bridgehead atoms. The van der Waals surface area contributed by atoms with Gasteiger partial charge in [-0.2, -0.15) is 0 Å². The highest BCUT2D eigenvalue weighted by Crippen LogP contribution is 2.27. The molecular weight excluding hydrogens is 226 g/mol. The van der Waals surface area contributed by atoms with Crippen LogP contribution in [0.25, 0.3) is 0 Å². The third kappa shape index (κ3) is 3.74. The van der Waals surface area contributed by atoms with E-state index in [0.29, 0.717) is 16.7 Å². The average Bonchev–Trinajstić information content (AvgIpc) is 3.07. The first kappa shape index (κ1) is 11.3. The summed E-state index contributed by atoms with van der Waals surface area (Å²) in [5.74, 6) is 1.23. The highest BCUT2D eigenvalue weighted by atomic mass is 35.5. The molecule has 1 aliphatic rings. The zero-order chi connectivity index (χ0) is 11.4. The minimum Gasteiger partial charge on any atom is -0.484 e. The summed E-state index contributed by atoms with van der Waals surface area (Å²) in [4.78, 5) is 11.4. The van der Waals surface area contributed by atoms with E-state index in [1.165, 1.54) is 12.8 Å². The Bertz CT molecular complexity index is 377. The van der Waals surface area contributed by atoms with E-state index in [1.807, 2.05) is 0 Å². The van der Waals surface area contributed by atoms with Crippen LogP contribution in [0.1, 0.15) is 12.8 Å². The van der Waals surface area contributed by atoms with Crippen molar-refractivity contribution in [3.05, 3.63) is 29.3 Å². The van der Waals surface area contributed by atoms with Gasteiger partial charge in [-0.15, -0.1) is 0 Å². The molecule has 1 aromatic rings. The molecule has 1 fully saturated rings. The largest absolute Gasteiger partial charge is 0.484 e. The van der Waals surface area contributed by atoms with E-state index in [9.17, 15) is 4.79 Å². The van der Waals surface area contributed by atoms with E-state index in [4.69, 9.17) is 16.3 Å². The Balaban J connectivity index is 1.71. The van der Waals surface area contributed by atoms with Crippen LogP contribution in [0.4, 0.5) is 0 Å². The quantitative estimate of drug-likeness (QED) is 0.856. The summed E-state index contributed by atoms with van der Waals surface area (Å²) in [6.07, 6.45) is 2.46. The number of carbonyl (C=O) groups excluding carboxylic acids is 1. The molecule has 0 radical (unpaired) electrons. The fraction of sp³-hybridized carbons (Fsp3) is 0.417. The van der Waals surface area contributed by atoms with Gasteiger partial charge in [-0.3, -0.25) is 4.79 Å². The second-order valence-corrected chi connectivity index (χ2v) is 4.43. The highest BCUT2D eigenvalue weighted by Gasteiger charge is 2.21. The van der Waals surface area contributed by atoms with Gasteiger partial charge in [0.25, 0.3) is 5.91 Å². The maximum Gasteiger partial charge on any atom is 0.257 e. The summed E-state index contributed by atoms with van der Waals surface area (Å²) in [6.45, 7) is 0.824. The molecular formula is C12H14ClNO2. The molecule has 0 aliphatic heterocycles.